The fourth-order valence-corrected chi connectivity index (χ4v) is 1.73. The summed E-state index contributed by atoms with van der Waals surface area (Å²) in [5, 5.41) is 3.38. The Bertz CT molecular complexity index is 302. The molecule has 0 saturated heterocycles. The lowest BCUT2D eigenvalue weighted by molar-refractivity contribution is 0.339. The summed E-state index contributed by atoms with van der Waals surface area (Å²) < 4.78 is 6.59. The Morgan fingerprint density at radius 3 is 2.80 bits per heavy atom. The molecule has 3 heteroatoms. The first-order chi connectivity index (χ1) is 7.27. The zero-order valence-electron chi connectivity index (χ0n) is 9.35. The van der Waals surface area contributed by atoms with E-state index in [4.69, 9.17) is 4.74 Å². The standard InChI is InChI=1S/C12H18BrNO/c1-3-7-14-9-10-8-11(15-4-2)5-6-12(10)13/h5-6,8,14H,3-4,7,9H2,1-2H3. The van der Waals surface area contributed by atoms with E-state index in [2.05, 4.69) is 34.2 Å². The van der Waals surface area contributed by atoms with E-state index in [1.54, 1.807) is 0 Å². The van der Waals surface area contributed by atoms with E-state index < -0.39 is 0 Å². The first-order valence-corrected chi connectivity index (χ1v) is 6.19. The second-order valence-electron chi connectivity index (χ2n) is 3.36. The van der Waals surface area contributed by atoms with Crippen LogP contribution in [0.25, 0.3) is 0 Å². The minimum atomic E-state index is 0.712. The van der Waals surface area contributed by atoms with Crippen LogP contribution in [0.4, 0.5) is 0 Å². The van der Waals surface area contributed by atoms with E-state index in [0.717, 1.165) is 29.7 Å². The van der Waals surface area contributed by atoms with Crippen molar-refractivity contribution >= 4 is 15.9 Å². The number of hydrogen-bond donors (Lipinski definition) is 1. The third-order valence-corrected chi connectivity index (χ3v) is 2.84. The molecule has 0 atom stereocenters. The van der Waals surface area contributed by atoms with Gasteiger partial charge in [0.1, 0.15) is 5.75 Å². The van der Waals surface area contributed by atoms with Crippen molar-refractivity contribution in [3.63, 3.8) is 0 Å². The van der Waals surface area contributed by atoms with Crippen LogP contribution in [0.15, 0.2) is 22.7 Å². The molecule has 0 unspecified atom stereocenters. The second kappa shape index (κ2) is 6.85. The maximum Gasteiger partial charge on any atom is 0.119 e. The summed E-state index contributed by atoms with van der Waals surface area (Å²) in [6.45, 7) is 6.81. The molecule has 0 aliphatic carbocycles. The maximum atomic E-state index is 5.46. The van der Waals surface area contributed by atoms with Gasteiger partial charge in [-0.25, -0.2) is 0 Å². The molecule has 0 aliphatic heterocycles. The Labute approximate surface area is 100 Å². The van der Waals surface area contributed by atoms with E-state index in [1.807, 2.05) is 19.1 Å². The second-order valence-corrected chi connectivity index (χ2v) is 4.22. The highest BCUT2D eigenvalue weighted by Crippen LogP contribution is 2.22. The molecule has 1 rings (SSSR count). The van der Waals surface area contributed by atoms with Crippen molar-refractivity contribution in [1.29, 1.82) is 0 Å². The highest BCUT2D eigenvalue weighted by molar-refractivity contribution is 9.10. The number of rotatable bonds is 6. The van der Waals surface area contributed by atoms with Gasteiger partial charge >= 0.3 is 0 Å². The fraction of sp³-hybridized carbons (Fsp3) is 0.500. The third-order valence-electron chi connectivity index (χ3n) is 2.07. The Hall–Kier alpha value is -0.540. The SMILES string of the molecule is CCCNCc1cc(OCC)ccc1Br. The van der Waals surface area contributed by atoms with Gasteiger partial charge in [-0.15, -0.1) is 0 Å². The minimum Gasteiger partial charge on any atom is -0.494 e. The molecule has 2 nitrogen and oxygen atoms in total. The lowest BCUT2D eigenvalue weighted by atomic mass is 10.2. The molecule has 84 valence electrons. The average molecular weight is 272 g/mol. The highest BCUT2D eigenvalue weighted by atomic mass is 79.9. The molecule has 0 heterocycles. The van der Waals surface area contributed by atoms with Crippen LogP contribution in [-0.2, 0) is 6.54 Å². The molecule has 0 aromatic heterocycles. The molecule has 0 amide bonds. The van der Waals surface area contributed by atoms with E-state index in [-0.39, 0.29) is 0 Å². The molecule has 1 aromatic carbocycles. The fourth-order valence-electron chi connectivity index (χ4n) is 1.34. The number of benzene rings is 1. The van der Waals surface area contributed by atoms with E-state index >= 15 is 0 Å². The molecule has 0 saturated carbocycles. The van der Waals surface area contributed by atoms with Crippen molar-refractivity contribution in [2.24, 2.45) is 0 Å². The number of ether oxygens (including phenoxy) is 1. The summed E-state index contributed by atoms with van der Waals surface area (Å²) >= 11 is 3.54. The van der Waals surface area contributed by atoms with Gasteiger partial charge in [0.25, 0.3) is 0 Å². The first-order valence-electron chi connectivity index (χ1n) is 5.39. The van der Waals surface area contributed by atoms with Gasteiger partial charge in [-0.3, -0.25) is 0 Å². The Morgan fingerprint density at radius 2 is 2.13 bits per heavy atom. The summed E-state index contributed by atoms with van der Waals surface area (Å²) in [5.74, 6) is 0.939. The molecule has 15 heavy (non-hydrogen) atoms. The Kier molecular flexibility index (Phi) is 5.73. The van der Waals surface area contributed by atoms with Gasteiger partial charge in [0.15, 0.2) is 0 Å². The van der Waals surface area contributed by atoms with Gasteiger partial charge in [-0.2, -0.15) is 0 Å². The third kappa shape index (κ3) is 4.22. The van der Waals surface area contributed by atoms with Crippen molar-refractivity contribution in [2.45, 2.75) is 26.8 Å². The monoisotopic (exact) mass is 271 g/mol. The number of nitrogens with one attached hydrogen (secondary N) is 1. The van der Waals surface area contributed by atoms with Crippen LogP contribution in [0.5, 0.6) is 5.75 Å². The molecule has 1 N–H and O–H groups in total. The van der Waals surface area contributed by atoms with Crippen molar-refractivity contribution in [2.75, 3.05) is 13.2 Å². The highest BCUT2D eigenvalue weighted by Gasteiger charge is 2.01. The summed E-state index contributed by atoms with van der Waals surface area (Å²) in [7, 11) is 0. The van der Waals surface area contributed by atoms with Gasteiger partial charge < -0.3 is 10.1 Å². The van der Waals surface area contributed by atoms with Gasteiger partial charge in [-0.1, -0.05) is 22.9 Å². The Morgan fingerprint density at radius 1 is 1.33 bits per heavy atom. The number of halogens is 1. The molecule has 1 aromatic rings. The van der Waals surface area contributed by atoms with Gasteiger partial charge in [0, 0.05) is 11.0 Å². The number of hydrogen-bond acceptors (Lipinski definition) is 2. The van der Waals surface area contributed by atoms with Crippen molar-refractivity contribution < 1.29 is 4.74 Å². The average Bonchev–Trinajstić information content (AvgIpc) is 2.23. The molecule has 0 fully saturated rings. The van der Waals surface area contributed by atoms with Crippen molar-refractivity contribution in [1.82, 2.24) is 5.32 Å². The predicted molar refractivity (Wildman–Crippen MR) is 67.3 cm³/mol. The summed E-state index contributed by atoms with van der Waals surface area (Å²) in [4.78, 5) is 0. The first kappa shape index (κ1) is 12.5. The molecule has 0 aliphatic rings. The molecular formula is C12H18BrNO. The lowest BCUT2D eigenvalue weighted by Gasteiger charge is -2.09. The molecular weight excluding hydrogens is 254 g/mol. The van der Waals surface area contributed by atoms with Crippen LogP contribution in [0.1, 0.15) is 25.8 Å². The van der Waals surface area contributed by atoms with Crippen molar-refractivity contribution in [3.05, 3.63) is 28.2 Å². The smallest absolute Gasteiger partial charge is 0.119 e. The molecule has 0 spiro atoms. The van der Waals surface area contributed by atoms with Crippen molar-refractivity contribution in [3.8, 4) is 5.75 Å². The normalized spacial score (nSPS) is 10.3. The van der Waals surface area contributed by atoms with Crippen LogP contribution >= 0.6 is 15.9 Å². The molecule has 0 radical (unpaired) electrons. The van der Waals surface area contributed by atoms with Crippen LogP contribution in [0.3, 0.4) is 0 Å². The summed E-state index contributed by atoms with van der Waals surface area (Å²) in [5.41, 5.74) is 1.24. The quantitative estimate of drug-likeness (QED) is 0.802. The zero-order valence-corrected chi connectivity index (χ0v) is 10.9. The van der Waals surface area contributed by atoms with Gasteiger partial charge in [0.05, 0.1) is 6.61 Å². The zero-order chi connectivity index (χ0) is 11.1. The van der Waals surface area contributed by atoms with E-state index in [9.17, 15) is 0 Å². The lowest BCUT2D eigenvalue weighted by Crippen LogP contribution is -2.14. The van der Waals surface area contributed by atoms with Gasteiger partial charge in [-0.05, 0) is 43.7 Å². The van der Waals surface area contributed by atoms with Crippen LogP contribution in [0.2, 0.25) is 0 Å². The van der Waals surface area contributed by atoms with Crippen LogP contribution < -0.4 is 10.1 Å². The van der Waals surface area contributed by atoms with Crippen LogP contribution in [0, 0.1) is 0 Å². The largest absolute Gasteiger partial charge is 0.494 e. The summed E-state index contributed by atoms with van der Waals surface area (Å²) in [6, 6.07) is 6.10. The maximum absolute atomic E-state index is 5.46. The summed E-state index contributed by atoms with van der Waals surface area (Å²) in [6.07, 6.45) is 1.16. The van der Waals surface area contributed by atoms with Crippen LogP contribution in [-0.4, -0.2) is 13.2 Å². The molecule has 0 bridgehead atoms. The van der Waals surface area contributed by atoms with E-state index in [1.165, 1.54) is 5.56 Å². The topological polar surface area (TPSA) is 21.3 Å². The van der Waals surface area contributed by atoms with E-state index in [0.29, 0.717) is 6.61 Å². The van der Waals surface area contributed by atoms with Gasteiger partial charge in [0.2, 0.25) is 0 Å². The minimum absolute atomic E-state index is 0.712. The predicted octanol–water partition coefficient (Wildman–Crippen LogP) is 3.35. The Balaban J connectivity index is 2.63.